The van der Waals surface area contributed by atoms with E-state index in [2.05, 4.69) is 10.6 Å². The molecule has 23 heavy (non-hydrogen) atoms. The molecule has 6 nitrogen and oxygen atoms in total. The molecule has 0 aliphatic carbocycles. The predicted octanol–water partition coefficient (Wildman–Crippen LogP) is 2.28. The van der Waals surface area contributed by atoms with Gasteiger partial charge >= 0.3 is 6.09 Å². The molecule has 2 rings (SSSR count). The van der Waals surface area contributed by atoms with Gasteiger partial charge in [-0.1, -0.05) is 6.07 Å². The monoisotopic (exact) mass is 322 g/mol. The smallest absolute Gasteiger partial charge is 0.407 e. The normalized spacial score (nSPS) is 20.9. The number of carbonyl (C=O) groups excluding carboxylic acids is 1. The first-order chi connectivity index (χ1) is 10.8. The summed E-state index contributed by atoms with van der Waals surface area (Å²) in [6.07, 6.45) is -0.392. The molecule has 1 saturated heterocycles. The van der Waals surface area contributed by atoms with Gasteiger partial charge in [0, 0.05) is 19.0 Å². The van der Waals surface area contributed by atoms with E-state index in [9.17, 15) is 4.79 Å². The first kappa shape index (κ1) is 17.4. The summed E-state index contributed by atoms with van der Waals surface area (Å²) in [5, 5.41) is 6.27. The molecule has 1 aromatic rings. The van der Waals surface area contributed by atoms with Gasteiger partial charge < -0.3 is 24.8 Å². The van der Waals surface area contributed by atoms with E-state index in [1.54, 1.807) is 14.2 Å². The van der Waals surface area contributed by atoms with Crippen molar-refractivity contribution in [2.45, 2.75) is 38.3 Å². The third kappa shape index (κ3) is 4.51. The predicted molar refractivity (Wildman–Crippen MR) is 88.3 cm³/mol. The van der Waals surface area contributed by atoms with E-state index in [0.717, 1.165) is 12.1 Å². The molecule has 1 amide bonds. The van der Waals surface area contributed by atoms with E-state index in [0.29, 0.717) is 18.0 Å². The Kier molecular flexibility index (Phi) is 5.36. The molecule has 2 atom stereocenters. The summed E-state index contributed by atoms with van der Waals surface area (Å²) in [6.45, 7) is 7.05. The second-order valence-electron chi connectivity index (χ2n) is 6.63. The first-order valence-electron chi connectivity index (χ1n) is 7.76. The van der Waals surface area contributed by atoms with Crippen LogP contribution in [0.1, 0.15) is 32.3 Å². The fourth-order valence-corrected chi connectivity index (χ4v) is 2.72. The van der Waals surface area contributed by atoms with Gasteiger partial charge in [0.05, 0.1) is 20.3 Å². The van der Waals surface area contributed by atoms with Gasteiger partial charge in [0.1, 0.15) is 5.60 Å². The molecule has 0 radical (unpaired) electrons. The van der Waals surface area contributed by atoms with Crippen molar-refractivity contribution >= 4 is 6.09 Å². The topological polar surface area (TPSA) is 68.8 Å². The molecule has 2 N–H and O–H groups in total. The van der Waals surface area contributed by atoms with Gasteiger partial charge in [-0.2, -0.15) is 0 Å². The Bertz CT molecular complexity index is 554. The van der Waals surface area contributed by atoms with Crippen LogP contribution in [-0.4, -0.2) is 45.0 Å². The van der Waals surface area contributed by atoms with Crippen LogP contribution in [0.25, 0.3) is 0 Å². The lowest BCUT2D eigenvalue weighted by Crippen LogP contribution is -2.42. The molecule has 128 valence electrons. The van der Waals surface area contributed by atoms with Crippen molar-refractivity contribution in [2.75, 3.05) is 27.3 Å². The maximum Gasteiger partial charge on any atom is 0.407 e. The van der Waals surface area contributed by atoms with Gasteiger partial charge in [-0.25, -0.2) is 4.79 Å². The highest BCUT2D eigenvalue weighted by molar-refractivity contribution is 5.68. The molecular weight excluding hydrogens is 296 g/mol. The van der Waals surface area contributed by atoms with Crippen molar-refractivity contribution in [3.63, 3.8) is 0 Å². The molecule has 1 aliphatic heterocycles. The molecule has 1 aliphatic rings. The van der Waals surface area contributed by atoms with E-state index >= 15 is 0 Å². The Morgan fingerprint density at radius 1 is 1.17 bits per heavy atom. The summed E-state index contributed by atoms with van der Waals surface area (Å²) in [4.78, 5) is 12.0. The number of carbonyl (C=O) groups is 1. The van der Waals surface area contributed by atoms with Crippen molar-refractivity contribution in [2.24, 2.45) is 0 Å². The molecule has 1 aromatic carbocycles. The summed E-state index contributed by atoms with van der Waals surface area (Å²) >= 11 is 0. The highest BCUT2D eigenvalue weighted by atomic mass is 16.6. The zero-order valence-electron chi connectivity index (χ0n) is 14.4. The lowest BCUT2D eigenvalue weighted by molar-refractivity contribution is 0.0504. The average molecular weight is 322 g/mol. The zero-order valence-corrected chi connectivity index (χ0v) is 14.4. The van der Waals surface area contributed by atoms with Crippen LogP contribution in [-0.2, 0) is 4.74 Å². The fourth-order valence-electron chi connectivity index (χ4n) is 2.72. The Labute approximate surface area is 137 Å². The van der Waals surface area contributed by atoms with Gasteiger partial charge in [-0.15, -0.1) is 0 Å². The highest BCUT2D eigenvalue weighted by Gasteiger charge is 2.31. The quantitative estimate of drug-likeness (QED) is 0.890. The second kappa shape index (κ2) is 7.08. The Balaban J connectivity index is 2.11. The minimum absolute atomic E-state index is 0.0250. The Morgan fingerprint density at radius 2 is 1.87 bits per heavy atom. The van der Waals surface area contributed by atoms with E-state index in [-0.39, 0.29) is 12.0 Å². The van der Waals surface area contributed by atoms with Crippen LogP contribution < -0.4 is 20.1 Å². The van der Waals surface area contributed by atoms with Gasteiger partial charge in [0.15, 0.2) is 11.5 Å². The average Bonchev–Trinajstić information content (AvgIpc) is 2.92. The molecule has 6 heteroatoms. The van der Waals surface area contributed by atoms with Crippen molar-refractivity contribution in [1.82, 2.24) is 10.6 Å². The molecule has 0 aromatic heterocycles. The number of hydrogen-bond acceptors (Lipinski definition) is 5. The number of amides is 1. The number of benzene rings is 1. The molecule has 0 bridgehead atoms. The number of hydrogen-bond donors (Lipinski definition) is 2. The van der Waals surface area contributed by atoms with Crippen LogP contribution in [0.5, 0.6) is 11.5 Å². The Hall–Kier alpha value is -1.95. The number of ether oxygens (including phenoxy) is 3. The maximum absolute atomic E-state index is 12.0. The van der Waals surface area contributed by atoms with Crippen LogP contribution in [0.3, 0.4) is 0 Å². The van der Waals surface area contributed by atoms with E-state index in [1.807, 2.05) is 39.0 Å². The summed E-state index contributed by atoms with van der Waals surface area (Å²) < 4.78 is 16.0. The van der Waals surface area contributed by atoms with Crippen LogP contribution >= 0.6 is 0 Å². The summed E-state index contributed by atoms with van der Waals surface area (Å²) in [5.41, 5.74) is 0.586. The van der Waals surface area contributed by atoms with Gasteiger partial charge in [-0.3, -0.25) is 0 Å². The maximum atomic E-state index is 12.0. The minimum atomic E-state index is -0.505. The molecule has 0 spiro atoms. The minimum Gasteiger partial charge on any atom is -0.493 e. The third-order valence-electron chi connectivity index (χ3n) is 3.75. The van der Waals surface area contributed by atoms with Crippen LogP contribution in [0.4, 0.5) is 4.79 Å². The highest BCUT2D eigenvalue weighted by Crippen LogP contribution is 2.32. The number of nitrogens with one attached hydrogen (secondary N) is 2. The molecule has 1 heterocycles. The molecule has 0 saturated carbocycles. The lowest BCUT2D eigenvalue weighted by Gasteiger charge is -2.24. The van der Waals surface area contributed by atoms with Crippen LogP contribution in [0, 0.1) is 0 Å². The summed E-state index contributed by atoms with van der Waals surface area (Å²) in [5.74, 6) is 1.54. The third-order valence-corrected chi connectivity index (χ3v) is 3.75. The zero-order chi connectivity index (χ0) is 17.0. The second-order valence-corrected chi connectivity index (χ2v) is 6.63. The Morgan fingerprint density at radius 3 is 2.48 bits per heavy atom. The largest absolute Gasteiger partial charge is 0.493 e. The van der Waals surface area contributed by atoms with Crippen LogP contribution in [0.15, 0.2) is 18.2 Å². The molecule has 0 unspecified atom stereocenters. The van der Waals surface area contributed by atoms with Gasteiger partial charge in [0.2, 0.25) is 0 Å². The molecular formula is C17H26N2O4. The fraction of sp³-hybridized carbons (Fsp3) is 0.588. The standard InChI is InChI=1S/C17H26N2O4/c1-17(2,3)23-16(20)19-13-10-18-9-12(13)11-6-7-14(21-4)15(8-11)22-5/h6-8,12-13,18H,9-10H2,1-5H3,(H,19,20)/t12-,13+/m0/s1. The van der Waals surface area contributed by atoms with Gasteiger partial charge in [-0.05, 0) is 38.5 Å². The lowest BCUT2D eigenvalue weighted by atomic mass is 9.94. The molecule has 1 fully saturated rings. The van der Waals surface area contributed by atoms with Crippen molar-refractivity contribution in [3.05, 3.63) is 23.8 Å². The van der Waals surface area contributed by atoms with E-state index in [1.165, 1.54) is 0 Å². The van der Waals surface area contributed by atoms with Crippen molar-refractivity contribution in [1.29, 1.82) is 0 Å². The number of methoxy groups -OCH3 is 2. The summed E-state index contributed by atoms with van der Waals surface area (Å²) in [7, 11) is 3.23. The van der Waals surface area contributed by atoms with Crippen LogP contribution in [0.2, 0.25) is 0 Å². The van der Waals surface area contributed by atoms with Gasteiger partial charge in [0.25, 0.3) is 0 Å². The first-order valence-corrected chi connectivity index (χ1v) is 7.76. The summed E-state index contributed by atoms with van der Waals surface area (Å²) in [6, 6.07) is 5.82. The van der Waals surface area contributed by atoms with Crippen molar-refractivity contribution in [3.8, 4) is 11.5 Å². The number of alkyl carbamates (subject to hydrolysis) is 1. The van der Waals surface area contributed by atoms with E-state index < -0.39 is 11.7 Å². The van der Waals surface area contributed by atoms with Crippen molar-refractivity contribution < 1.29 is 19.0 Å². The van der Waals surface area contributed by atoms with E-state index in [4.69, 9.17) is 14.2 Å². The SMILES string of the molecule is COc1ccc([C@@H]2CNC[C@H]2NC(=O)OC(C)(C)C)cc1OC. The number of rotatable bonds is 4.